The number of hydrogen-bond donors (Lipinski definition) is 0. The van der Waals surface area contributed by atoms with Crippen LogP contribution in [0.15, 0.2) is 12.1 Å². The van der Waals surface area contributed by atoms with Gasteiger partial charge in [-0.25, -0.2) is 0 Å². The van der Waals surface area contributed by atoms with Gasteiger partial charge >= 0.3 is 0 Å². The lowest BCUT2D eigenvalue weighted by Gasteiger charge is -2.32. The van der Waals surface area contributed by atoms with Crippen molar-refractivity contribution < 1.29 is 0 Å². The van der Waals surface area contributed by atoms with Crippen molar-refractivity contribution >= 4 is 15.9 Å². The van der Waals surface area contributed by atoms with Gasteiger partial charge in [-0.1, -0.05) is 68.6 Å². The van der Waals surface area contributed by atoms with E-state index in [1.165, 1.54) is 31.2 Å². The molecule has 1 aliphatic carbocycles. The van der Waals surface area contributed by atoms with Crippen molar-refractivity contribution in [1.82, 2.24) is 0 Å². The molecule has 1 aromatic rings. The molecule has 0 bridgehead atoms. The summed E-state index contributed by atoms with van der Waals surface area (Å²) in [7, 11) is 0. The molecule has 0 amide bonds. The molecule has 1 saturated carbocycles. The summed E-state index contributed by atoms with van der Waals surface area (Å²) in [5.41, 5.74) is 6.28. The first kappa shape index (κ1) is 17.1. The normalized spacial score (nSPS) is 24.0. The molecule has 0 spiro atoms. The third-order valence-corrected chi connectivity index (χ3v) is 6.54. The fourth-order valence-corrected chi connectivity index (χ4v) is 4.93. The minimum atomic E-state index is 0.556. The van der Waals surface area contributed by atoms with Crippen LogP contribution in [0, 0.1) is 11.8 Å². The van der Waals surface area contributed by atoms with Gasteiger partial charge in [0, 0.05) is 4.83 Å². The van der Waals surface area contributed by atoms with Crippen LogP contribution in [0.25, 0.3) is 0 Å². The van der Waals surface area contributed by atoms with Crippen LogP contribution in [0.4, 0.5) is 0 Å². The highest BCUT2D eigenvalue weighted by atomic mass is 79.9. The summed E-state index contributed by atoms with van der Waals surface area (Å²) in [6.07, 6.45) is 9.04. The van der Waals surface area contributed by atoms with Crippen molar-refractivity contribution in [1.29, 1.82) is 0 Å². The summed E-state index contributed by atoms with van der Waals surface area (Å²) < 4.78 is 0. The van der Waals surface area contributed by atoms with Gasteiger partial charge in [0.25, 0.3) is 0 Å². The van der Waals surface area contributed by atoms with E-state index >= 15 is 0 Å². The van der Waals surface area contributed by atoms with Crippen LogP contribution in [-0.2, 0) is 19.3 Å². The Hall–Kier alpha value is -0.300. The molecule has 1 atom stereocenters. The Balaban J connectivity index is 2.32. The molecule has 0 nitrogen and oxygen atoms in total. The zero-order valence-electron chi connectivity index (χ0n) is 14.2. The number of benzene rings is 1. The van der Waals surface area contributed by atoms with E-state index in [9.17, 15) is 0 Å². The Labute approximate surface area is 139 Å². The zero-order chi connectivity index (χ0) is 15.4. The summed E-state index contributed by atoms with van der Waals surface area (Å²) in [4.78, 5) is 0.556. The second-order valence-corrected chi connectivity index (χ2v) is 7.80. The molecule has 1 aromatic carbocycles. The molecule has 1 heteroatoms. The molecular formula is C20H31Br. The smallest absolute Gasteiger partial charge is 0.0428 e. The second-order valence-electron chi connectivity index (χ2n) is 6.81. The number of rotatable bonds is 5. The van der Waals surface area contributed by atoms with Crippen LogP contribution < -0.4 is 0 Å². The van der Waals surface area contributed by atoms with E-state index < -0.39 is 0 Å². The highest BCUT2D eigenvalue weighted by Crippen LogP contribution is 2.44. The van der Waals surface area contributed by atoms with E-state index in [1.54, 1.807) is 16.7 Å². The molecule has 2 rings (SSSR count). The van der Waals surface area contributed by atoms with Crippen molar-refractivity contribution in [3.05, 3.63) is 34.4 Å². The SMILES string of the molecule is CCc1cc(CC)c(C(Br)C2CCC(C)CC2)c(CC)c1. The Morgan fingerprint density at radius 2 is 1.48 bits per heavy atom. The molecule has 21 heavy (non-hydrogen) atoms. The van der Waals surface area contributed by atoms with Gasteiger partial charge in [-0.15, -0.1) is 0 Å². The predicted octanol–water partition coefficient (Wildman–Crippen LogP) is 6.64. The predicted molar refractivity (Wildman–Crippen MR) is 97.4 cm³/mol. The van der Waals surface area contributed by atoms with Crippen LogP contribution >= 0.6 is 15.9 Å². The van der Waals surface area contributed by atoms with Gasteiger partial charge in [0.1, 0.15) is 0 Å². The van der Waals surface area contributed by atoms with Gasteiger partial charge in [-0.05, 0) is 66.2 Å². The summed E-state index contributed by atoms with van der Waals surface area (Å²) in [6.45, 7) is 9.28. The Kier molecular flexibility index (Phi) is 6.34. The molecule has 0 heterocycles. The van der Waals surface area contributed by atoms with Crippen LogP contribution in [-0.4, -0.2) is 0 Å². The van der Waals surface area contributed by atoms with Crippen LogP contribution in [0.5, 0.6) is 0 Å². The molecule has 0 radical (unpaired) electrons. The van der Waals surface area contributed by atoms with E-state index in [0.29, 0.717) is 4.83 Å². The molecule has 0 aromatic heterocycles. The molecular weight excluding hydrogens is 320 g/mol. The molecule has 118 valence electrons. The van der Waals surface area contributed by atoms with Gasteiger partial charge in [-0.3, -0.25) is 0 Å². The maximum atomic E-state index is 4.10. The molecule has 1 unspecified atom stereocenters. The topological polar surface area (TPSA) is 0 Å². The number of aryl methyl sites for hydroxylation is 3. The van der Waals surface area contributed by atoms with Gasteiger partial charge in [0.15, 0.2) is 0 Å². The summed E-state index contributed by atoms with van der Waals surface area (Å²) in [5.74, 6) is 1.75. The highest BCUT2D eigenvalue weighted by Gasteiger charge is 2.28. The van der Waals surface area contributed by atoms with Gasteiger partial charge in [-0.2, -0.15) is 0 Å². The first-order valence-electron chi connectivity index (χ1n) is 8.89. The largest absolute Gasteiger partial charge is 0.0836 e. The molecule has 0 aliphatic heterocycles. The summed E-state index contributed by atoms with van der Waals surface area (Å²) in [6, 6.07) is 4.91. The van der Waals surface area contributed by atoms with Gasteiger partial charge in [0.2, 0.25) is 0 Å². The Morgan fingerprint density at radius 1 is 0.952 bits per heavy atom. The molecule has 1 aliphatic rings. The lowest BCUT2D eigenvalue weighted by molar-refractivity contribution is 0.287. The van der Waals surface area contributed by atoms with Crippen molar-refractivity contribution in [2.45, 2.75) is 77.5 Å². The first-order valence-corrected chi connectivity index (χ1v) is 9.80. The van der Waals surface area contributed by atoms with E-state index in [1.807, 2.05) is 0 Å². The van der Waals surface area contributed by atoms with Crippen molar-refractivity contribution in [2.75, 3.05) is 0 Å². The van der Waals surface area contributed by atoms with Crippen LogP contribution in [0.2, 0.25) is 0 Å². The third kappa shape index (κ3) is 3.92. The standard InChI is InChI=1S/C20H31Br/c1-5-15-12-16(6-2)19(17(7-3)13-15)20(21)18-10-8-14(4)9-11-18/h12-14,18,20H,5-11H2,1-4H3. The fraction of sp³-hybridized carbons (Fsp3) is 0.700. The Morgan fingerprint density at radius 3 is 1.90 bits per heavy atom. The van der Waals surface area contributed by atoms with E-state index in [2.05, 4.69) is 55.8 Å². The average molecular weight is 351 g/mol. The quantitative estimate of drug-likeness (QED) is 0.522. The van der Waals surface area contributed by atoms with Crippen LogP contribution in [0.1, 0.15) is 80.5 Å². The van der Waals surface area contributed by atoms with Gasteiger partial charge in [0.05, 0.1) is 0 Å². The van der Waals surface area contributed by atoms with Crippen molar-refractivity contribution in [2.24, 2.45) is 11.8 Å². The summed E-state index contributed by atoms with van der Waals surface area (Å²) in [5, 5.41) is 0. The maximum Gasteiger partial charge on any atom is 0.0428 e. The third-order valence-electron chi connectivity index (χ3n) is 5.33. The fourth-order valence-electron chi connectivity index (χ4n) is 3.81. The number of hydrogen-bond acceptors (Lipinski definition) is 0. The lowest BCUT2D eigenvalue weighted by Crippen LogP contribution is -2.18. The average Bonchev–Trinajstić information content (AvgIpc) is 2.53. The maximum absolute atomic E-state index is 4.10. The van der Waals surface area contributed by atoms with Crippen LogP contribution in [0.3, 0.4) is 0 Å². The molecule has 1 fully saturated rings. The number of halogens is 1. The monoisotopic (exact) mass is 350 g/mol. The minimum Gasteiger partial charge on any atom is -0.0836 e. The minimum absolute atomic E-state index is 0.556. The second kappa shape index (κ2) is 7.81. The number of alkyl halides is 1. The molecule has 0 N–H and O–H groups in total. The summed E-state index contributed by atoms with van der Waals surface area (Å²) >= 11 is 4.10. The van der Waals surface area contributed by atoms with Gasteiger partial charge < -0.3 is 0 Å². The molecule has 0 saturated heterocycles. The first-order chi connectivity index (χ1) is 10.1. The zero-order valence-corrected chi connectivity index (χ0v) is 15.8. The Bertz CT molecular complexity index is 430. The van der Waals surface area contributed by atoms with Crippen molar-refractivity contribution in [3.8, 4) is 0 Å². The van der Waals surface area contributed by atoms with E-state index in [0.717, 1.165) is 31.1 Å². The highest BCUT2D eigenvalue weighted by molar-refractivity contribution is 9.09. The van der Waals surface area contributed by atoms with E-state index in [4.69, 9.17) is 0 Å². The van der Waals surface area contributed by atoms with E-state index in [-0.39, 0.29) is 0 Å². The lowest BCUT2D eigenvalue weighted by atomic mass is 9.78. The van der Waals surface area contributed by atoms with Crippen molar-refractivity contribution in [3.63, 3.8) is 0 Å².